The standard InChI is InChI=1S/C17H12F6N4O6/c18-16(19,20)24-7-10(28)26(13(24)32)15(12(30)31,6-9-4-2-1-3-5-9)27-11(29)8-25(14(27)33)17(21,22)23/h1-5H,6-8H2,(H,30,31). The second-order valence-corrected chi connectivity index (χ2v) is 6.92. The van der Waals surface area contributed by atoms with Crippen molar-refractivity contribution in [3.05, 3.63) is 35.9 Å². The lowest BCUT2D eigenvalue weighted by molar-refractivity contribution is -0.219. The van der Waals surface area contributed by atoms with E-state index in [1.54, 1.807) is 0 Å². The van der Waals surface area contributed by atoms with E-state index in [2.05, 4.69) is 0 Å². The van der Waals surface area contributed by atoms with Crippen LogP contribution in [0.1, 0.15) is 5.56 Å². The molecule has 1 N–H and O–H groups in total. The van der Waals surface area contributed by atoms with Crippen molar-refractivity contribution in [3.8, 4) is 0 Å². The third-order valence-corrected chi connectivity index (χ3v) is 4.92. The van der Waals surface area contributed by atoms with Gasteiger partial charge < -0.3 is 5.11 Å². The van der Waals surface area contributed by atoms with Crippen molar-refractivity contribution < 1.29 is 55.4 Å². The minimum absolute atomic E-state index is 0.114. The number of hydrogen-bond acceptors (Lipinski definition) is 5. The van der Waals surface area contributed by atoms with E-state index in [1.165, 1.54) is 30.3 Å². The molecule has 16 heteroatoms. The number of aliphatic carboxylic acids is 1. The van der Waals surface area contributed by atoms with Gasteiger partial charge in [-0.25, -0.2) is 34.0 Å². The van der Waals surface area contributed by atoms with Crippen LogP contribution in [0, 0.1) is 0 Å². The number of carboxylic acid groups (broad SMARTS) is 1. The SMILES string of the molecule is O=C1CN(C(F)(F)F)C(=O)N1C(Cc1ccccc1)(C(=O)O)N1C(=O)CN(C(F)(F)F)C1=O. The van der Waals surface area contributed by atoms with Crippen molar-refractivity contribution in [1.29, 1.82) is 0 Å². The van der Waals surface area contributed by atoms with E-state index in [4.69, 9.17) is 0 Å². The maximum Gasteiger partial charge on any atom is 0.489 e. The van der Waals surface area contributed by atoms with E-state index in [9.17, 15) is 55.4 Å². The first kappa shape index (κ1) is 23.8. The summed E-state index contributed by atoms with van der Waals surface area (Å²) in [6, 6.07) is 1.88. The van der Waals surface area contributed by atoms with Gasteiger partial charge in [-0.1, -0.05) is 30.3 Å². The number of carbonyl (C=O) groups is 5. The maximum atomic E-state index is 13.2. The van der Waals surface area contributed by atoms with Crippen LogP contribution < -0.4 is 0 Å². The molecule has 0 aliphatic carbocycles. The van der Waals surface area contributed by atoms with Crippen LogP contribution in [0.2, 0.25) is 0 Å². The van der Waals surface area contributed by atoms with Crippen LogP contribution in [0.3, 0.4) is 0 Å². The predicted molar refractivity (Wildman–Crippen MR) is 90.5 cm³/mol. The molecule has 2 aliphatic rings. The Hall–Kier alpha value is -3.85. The fourth-order valence-corrected chi connectivity index (χ4v) is 3.53. The highest BCUT2D eigenvalue weighted by atomic mass is 19.4. The number of carbonyl (C=O) groups excluding carboxylic acids is 4. The van der Waals surface area contributed by atoms with Crippen LogP contribution in [0.15, 0.2) is 30.3 Å². The van der Waals surface area contributed by atoms with Crippen molar-refractivity contribution >= 4 is 29.8 Å². The average Bonchev–Trinajstić information content (AvgIpc) is 3.16. The van der Waals surface area contributed by atoms with Gasteiger partial charge in [0.1, 0.15) is 13.1 Å². The summed E-state index contributed by atoms with van der Waals surface area (Å²) in [6.07, 6.45) is -12.1. The first-order valence-electron chi connectivity index (χ1n) is 8.82. The maximum absolute atomic E-state index is 13.2. The van der Waals surface area contributed by atoms with Gasteiger partial charge in [0, 0.05) is 6.42 Å². The third-order valence-electron chi connectivity index (χ3n) is 4.92. The molecule has 0 bridgehead atoms. The number of imide groups is 2. The molecule has 178 valence electrons. The smallest absolute Gasteiger partial charge is 0.478 e. The Labute approximate surface area is 179 Å². The van der Waals surface area contributed by atoms with Crippen molar-refractivity contribution in [1.82, 2.24) is 19.6 Å². The van der Waals surface area contributed by atoms with E-state index in [0.717, 1.165) is 0 Å². The van der Waals surface area contributed by atoms with Gasteiger partial charge in [-0.2, -0.15) is 0 Å². The molecule has 0 unspecified atom stereocenters. The summed E-state index contributed by atoms with van der Waals surface area (Å²) in [7, 11) is 0. The lowest BCUT2D eigenvalue weighted by Crippen LogP contribution is -2.70. The molecular weight excluding hydrogens is 470 g/mol. The van der Waals surface area contributed by atoms with Crippen molar-refractivity contribution in [2.45, 2.75) is 24.7 Å². The third kappa shape index (κ3) is 3.80. The minimum Gasteiger partial charge on any atom is -0.478 e. The van der Waals surface area contributed by atoms with E-state index < -0.39 is 87.2 Å². The highest BCUT2D eigenvalue weighted by molar-refractivity contribution is 6.12. The van der Waals surface area contributed by atoms with Crippen molar-refractivity contribution in [2.75, 3.05) is 13.1 Å². The minimum atomic E-state index is -5.46. The molecule has 0 aromatic heterocycles. The van der Waals surface area contributed by atoms with Crippen LogP contribution in [0.25, 0.3) is 0 Å². The number of carboxylic acids is 1. The Balaban J connectivity index is 2.24. The number of benzene rings is 1. The Morgan fingerprint density at radius 1 is 0.788 bits per heavy atom. The molecule has 0 radical (unpaired) electrons. The van der Waals surface area contributed by atoms with E-state index in [0.29, 0.717) is 0 Å². The molecular formula is C17H12F6N4O6. The van der Waals surface area contributed by atoms with E-state index in [-0.39, 0.29) is 5.56 Å². The molecule has 6 amide bonds. The number of amides is 6. The largest absolute Gasteiger partial charge is 0.489 e. The first-order valence-corrected chi connectivity index (χ1v) is 8.82. The van der Waals surface area contributed by atoms with Gasteiger partial charge >= 0.3 is 30.6 Å². The summed E-state index contributed by atoms with van der Waals surface area (Å²) >= 11 is 0. The van der Waals surface area contributed by atoms with Crippen LogP contribution in [0.5, 0.6) is 0 Å². The fraction of sp³-hybridized carbons (Fsp3) is 0.353. The molecule has 33 heavy (non-hydrogen) atoms. The molecule has 1 aromatic carbocycles. The highest BCUT2D eigenvalue weighted by Gasteiger charge is 2.67. The topological polar surface area (TPSA) is 119 Å². The normalized spacial score (nSPS) is 18.1. The van der Waals surface area contributed by atoms with Crippen LogP contribution in [0.4, 0.5) is 35.9 Å². The molecule has 2 aliphatic heterocycles. The summed E-state index contributed by atoms with van der Waals surface area (Å²) in [4.78, 5) is 59.3. The van der Waals surface area contributed by atoms with Gasteiger partial charge in [0.2, 0.25) is 5.66 Å². The first-order chi connectivity index (χ1) is 15.1. The quantitative estimate of drug-likeness (QED) is 0.387. The molecule has 1 aromatic rings. The second kappa shape index (κ2) is 7.63. The highest BCUT2D eigenvalue weighted by Crippen LogP contribution is 2.39. The van der Waals surface area contributed by atoms with Crippen LogP contribution >= 0.6 is 0 Å². The number of urea groups is 2. The average molecular weight is 482 g/mol. The van der Waals surface area contributed by atoms with E-state index >= 15 is 0 Å². The number of rotatable bonds is 5. The lowest BCUT2D eigenvalue weighted by Gasteiger charge is -2.41. The molecule has 10 nitrogen and oxygen atoms in total. The Morgan fingerprint density at radius 2 is 1.18 bits per heavy atom. The number of nitrogens with zero attached hydrogens (tertiary/aromatic N) is 4. The van der Waals surface area contributed by atoms with Crippen molar-refractivity contribution in [3.63, 3.8) is 0 Å². The van der Waals surface area contributed by atoms with Crippen LogP contribution in [-0.4, -0.2) is 85.9 Å². The molecule has 0 spiro atoms. The monoisotopic (exact) mass is 482 g/mol. The predicted octanol–water partition coefficient (Wildman–Crippen LogP) is 1.58. The molecule has 2 heterocycles. The number of hydrogen-bond donors (Lipinski definition) is 1. The van der Waals surface area contributed by atoms with Gasteiger partial charge in [-0.3, -0.25) is 9.59 Å². The molecule has 2 saturated heterocycles. The zero-order valence-electron chi connectivity index (χ0n) is 16.1. The lowest BCUT2D eigenvalue weighted by atomic mass is 9.95. The summed E-state index contributed by atoms with van der Waals surface area (Å²) in [6.45, 7) is -3.41. The van der Waals surface area contributed by atoms with E-state index in [1.807, 2.05) is 0 Å². The summed E-state index contributed by atoms with van der Waals surface area (Å²) in [5.74, 6) is -5.95. The summed E-state index contributed by atoms with van der Waals surface area (Å²) in [5, 5.41) is 9.96. The molecule has 2 fully saturated rings. The number of halogens is 6. The van der Waals surface area contributed by atoms with Gasteiger partial charge in [-0.05, 0) is 5.56 Å². The summed E-state index contributed by atoms with van der Waals surface area (Å²) < 4.78 is 79.2. The van der Waals surface area contributed by atoms with Gasteiger partial charge in [0.15, 0.2) is 0 Å². The van der Waals surface area contributed by atoms with Gasteiger partial charge in [-0.15, -0.1) is 26.3 Å². The summed E-state index contributed by atoms with van der Waals surface area (Å²) in [5.41, 5.74) is -3.67. The second-order valence-electron chi connectivity index (χ2n) is 6.92. The van der Waals surface area contributed by atoms with Gasteiger partial charge in [0.25, 0.3) is 11.8 Å². The zero-order valence-corrected chi connectivity index (χ0v) is 16.1. The fourth-order valence-electron chi connectivity index (χ4n) is 3.53. The zero-order chi connectivity index (χ0) is 24.9. The molecule has 0 atom stereocenters. The Bertz CT molecular complexity index is 975. The number of alkyl halides is 6. The van der Waals surface area contributed by atoms with Gasteiger partial charge in [0.05, 0.1) is 0 Å². The Kier molecular flexibility index (Phi) is 5.50. The molecule has 3 rings (SSSR count). The molecule has 0 saturated carbocycles. The Morgan fingerprint density at radius 3 is 1.48 bits per heavy atom. The van der Waals surface area contributed by atoms with Crippen LogP contribution in [-0.2, 0) is 20.8 Å². The van der Waals surface area contributed by atoms with Crippen molar-refractivity contribution in [2.24, 2.45) is 0 Å².